The van der Waals surface area contributed by atoms with E-state index in [1.165, 1.54) is 23.7 Å². The molecule has 0 unspecified atom stereocenters. The first-order chi connectivity index (χ1) is 11.7. The predicted molar refractivity (Wildman–Crippen MR) is 91.1 cm³/mol. The number of rotatable bonds is 4. The number of hydrogen-bond acceptors (Lipinski definition) is 4. The third-order valence-electron chi connectivity index (χ3n) is 3.76. The highest BCUT2D eigenvalue weighted by Gasteiger charge is 2.08. The van der Waals surface area contributed by atoms with Crippen molar-refractivity contribution < 1.29 is 4.39 Å². The average Bonchev–Trinajstić information content (AvgIpc) is 3.19. The second-order valence-corrected chi connectivity index (χ2v) is 6.44. The highest BCUT2D eigenvalue weighted by molar-refractivity contribution is 7.13. The summed E-state index contributed by atoms with van der Waals surface area (Å²) in [6.45, 7) is 0.556. The maximum atomic E-state index is 13.0. The largest absolute Gasteiger partial charge is 0.268 e. The van der Waals surface area contributed by atoms with E-state index in [0.29, 0.717) is 13.0 Å². The second-order valence-electron chi connectivity index (χ2n) is 5.38. The van der Waals surface area contributed by atoms with E-state index in [4.69, 9.17) is 0 Å². The second kappa shape index (κ2) is 6.01. The molecular formula is C17H13FN4OS. The lowest BCUT2D eigenvalue weighted by Gasteiger charge is -1.99. The number of aryl methyl sites for hydroxylation is 2. The van der Waals surface area contributed by atoms with Crippen LogP contribution in [0.1, 0.15) is 5.69 Å². The molecule has 7 heteroatoms. The fourth-order valence-electron chi connectivity index (χ4n) is 2.51. The molecule has 2 aromatic heterocycles. The fraction of sp³-hybridized carbons (Fsp3) is 0.118. The van der Waals surface area contributed by atoms with Gasteiger partial charge in [-0.2, -0.15) is 0 Å². The lowest BCUT2D eigenvalue weighted by atomic mass is 10.3. The van der Waals surface area contributed by atoms with Gasteiger partial charge >= 0.3 is 0 Å². The summed E-state index contributed by atoms with van der Waals surface area (Å²) in [6, 6.07) is 13.6. The molecule has 0 spiro atoms. The van der Waals surface area contributed by atoms with Crippen LogP contribution in [-0.2, 0) is 13.0 Å². The van der Waals surface area contributed by atoms with Crippen LogP contribution in [0.15, 0.2) is 59.5 Å². The zero-order valence-electron chi connectivity index (χ0n) is 12.6. The molecule has 0 bridgehead atoms. The third-order valence-corrected chi connectivity index (χ3v) is 4.88. The minimum absolute atomic E-state index is 0.0292. The molecule has 2 aromatic carbocycles. The van der Waals surface area contributed by atoms with Crippen molar-refractivity contribution in [1.82, 2.24) is 19.0 Å². The van der Waals surface area contributed by atoms with Gasteiger partial charge in [-0.3, -0.25) is 8.75 Å². The van der Waals surface area contributed by atoms with Gasteiger partial charge < -0.3 is 0 Å². The van der Waals surface area contributed by atoms with Gasteiger partial charge in [0.2, 0.25) is 0 Å². The number of halogens is 1. The van der Waals surface area contributed by atoms with Gasteiger partial charge in [0.1, 0.15) is 5.82 Å². The molecule has 0 N–H and O–H groups in total. The maximum Gasteiger partial charge on any atom is 0.268 e. The molecule has 2 heterocycles. The molecule has 0 aliphatic carbocycles. The van der Waals surface area contributed by atoms with Crippen LogP contribution < -0.4 is 5.56 Å². The number of benzene rings is 2. The first kappa shape index (κ1) is 14.8. The van der Waals surface area contributed by atoms with Crippen LogP contribution in [0.2, 0.25) is 0 Å². The standard InChI is InChI=1S/C17H13FN4OS/c18-12-5-7-14(8-6-12)21-11-13(19-20-21)9-10-22-17(23)15-3-1-2-4-16(15)24-22/h1-8,11H,9-10H2. The smallest absolute Gasteiger partial charge is 0.268 e. The SMILES string of the molecule is O=c1c2ccccc2sn1CCc1cn(-c2ccc(F)cc2)nn1. The molecule has 0 aliphatic heterocycles. The van der Waals surface area contributed by atoms with E-state index in [1.54, 1.807) is 27.0 Å². The van der Waals surface area contributed by atoms with Crippen LogP contribution in [0, 0.1) is 5.82 Å². The zero-order chi connectivity index (χ0) is 16.5. The Kier molecular flexibility index (Phi) is 3.70. The quantitative estimate of drug-likeness (QED) is 0.574. The molecule has 24 heavy (non-hydrogen) atoms. The van der Waals surface area contributed by atoms with Gasteiger partial charge in [0, 0.05) is 13.0 Å². The molecule has 0 saturated carbocycles. The van der Waals surface area contributed by atoms with Crippen LogP contribution >= 0.6 is 11.5 Å². The van der Waals surface area contributed by atoms with Gasteiger partial charge in [-0.15, -0.1) is 5.10 Å². The Bertz CT molecular complexity index is 1050. The number of aromatic nitrogens is 4. The summed E-state index contributed by atoms with van der Waals surface area (Å²) in [4.78, 5) is 12.3. The van der Waals surface area contributed by atoms with Gasteiger partial charge in [-0.05, 0) is 36.4 Å². The van der Waals surface area contributed by atoms with E-state index in [1.807, 2.05) is 24.3 Å². The van der Waals surface area contributed by atoms with Crippen LogP contribution in [0.3, 0.4) is 0 Å². The van der Waals surface area contributed by atoms with Crippen molar-refractivity contribution in [3.8, 4) is 5.69 Å². The Morgan fingerprint density at radius 1 is 1.08 bits per heavy atom. The molecule has 0 radical (unpaired) electrons. The molecular weight excluding hydrogens is 327 g/mol. The number of nitrogens with zero attached hydrogens (tertiary/aromatic N) is 4. The van der Waals surface area contributed by atoms with E-state index < -0.39 is 0 Å². The van der Waals surface area contributed by atoms with Crippen molar-refractivity contribution in [3.63, 3.8) is 0 Å². The summed E-state index contributed by atoms with van der Waals surface area (Å²) in [7, 11) is 0. The molecule has 5 nitrogen and oxygen atoms in total. The van der Waals surface area contributed by atoms with Gasteiger partial charge in [0.25, 0.3) is 5.56 Å². The summed E-state index contributed by atoms with van der Waals surface area (Å²) in [5.41, 5.74) is 1.55. The van der Waals surface area contributed by atoms with Crippen molar-refractivity contribution >= 4 is 21.6 Å². The highest BCUT2D eigenvalue weighted by Crippen LogP contribution is 2.16. The molecule has 0 atom stereocenters. The Hall–Kier alpha value is -2.80. The van der Waals surface area contributed by atoms with Crippen LogP contribution in [-0.4, -0.2) is 19.0 Å². The summed E-state index contributed by atoms with van der Waals surface area (Å²) in [6.07, 6.45) is 2.40. The Morgan fingerprint density at radius 3 is 2.67 bits per heavy atom. The van der Waals surface area contributed by atoms with Crippen LogP contribution in [0.25, 0.3) is 15.8 Å². The topological polar surface area (TPSA) is 52.7 Å². The van der Waals surface area contributed by atoms with Crippen molar-refractivity contribution in [2.24, 2.45) is 0 Å². The van der Waals surface area contributed by atoms with Crippen molar-refractivity contribution in [1.29, 1.82) is 0 Å². The Balaban J connectivity index is 1.53. The van der Waals surface area contributed by atoms with E-state index in [2.05, 4.69) is 10.3 Å². The summed E-state index contributed by atoms with van der Waals surface area (Å²) in [5.74, 6) is -0.289. The van der Waals surface area contributed by atoms with Gasteiger partial charge in [0.05, 0.1) is 27.7 Å². The van der Waals surface area contributed by atoms with Gasteiger partial charge in [0.15, 0.2) is 0 Å². The van der Waals surface area contributed by atoms with E-state index in [9.17, 15) is 9.18 Å². The normalized spacial score (nSPS) is 11.2. The van der Waals surface area contributed by atoms with Crippen molar-refractivity contribution in [2.75, 3.05) is 0 Å². The minimum Gasteiger partial charge on any atom is -0.268 e. The van der Waals surface area contributed by atoms with E-state index in [0.717, 1.165) is 21.5 Å². The highest BCUT2D eigenvalue weighted by atomic mass is 32.1. The Morgan fingerprint density at radius 2 is 1.88 bits per heavy atom. The lowest BCUT2D eigenvalue weighted by Crippen LogP contribution is -2.14. The lowest BCUT2D eigenvalue weighted by molar-refractivity contribution is 0.626. The Labute approximate surface area is 140 Å². The summed E-state index contributed by atoms with van der Waals surface area (Å²) >= 11 is 1.46. The molecule has 0 saturated heterocycles. The minimum atomic E-state index is -0.289. The molecule has 0 fully saturated rings. The van der Waals surface area contributed by atoms with Crippen molar-refractivity contribution in [2.45, 2.75) is 13.0 Å². The molecule has 0 amide bonds. The third kappa shape index (κ3) is 2.74. The first-order valence-electron chi connectivity index (χ1n) is 7.47. The zero-order valence-corrected chi connectivity index (χ0v) is 13.4. The first-order valence-corrected chi connectivity index (χ1v) is 8.24. The van der Waals surface area contributed by atoms with E-state index in [-0.39, 0.29) is 11.4 Å². The summed E-state index contributed by atoms with van der Waals surface area (Å²) < 4.78 is 17.3. The molecule has 4 rings (SSSR count). The van der Waals surface area contributed by atoms with Crippen LogP contribution in [0.5, 0.6) is 0 Å². The predicted octanol–water partition coefficient (Wildman–Crippen LogP) is 3.03. The molecule has 120 valence electrons. The fourth-order valence-corrected chi connectivity index (χ4v) is 3.51. The molecule has 4 aromatic rings. The average molecular weight is 340 g/mol. The van der Waals surface area contributed by atoms with Gasteiger partial charge in [-0.25, -0.2) is 9.07 Å². The monoisotopic (exact) mass is 340 g/mol. The van der Waals surface area contributed by atoms with E-state index >= 15 is 0 Å². The molecule has 0 aliphatic rings. The van der Waals surface area contributed by atoms with Gasteiger partial charge in [-0.1, -0.05) is 28.9 Å². The number of hydrogen-bond donors (Lipinski definition) is 0. The number of fused-ring (bicyclic) bond motifs is 1. The maximum absolute atomic E-state index is 13.0. The summed E-state index contributed by atoms with van der Waals surface area (Å²) in [5, 5.41) is 8.92. The van der Waals surface area contributed by atoms with Crippen LogP contribution in [0.4, 0.5) is 4.39 Å². The van der Waals surface area contributed by atoms with Crippen molar-refractivity contribution in [3.05, 3.63) is 76.6 Å².